The summed E-state index contributed by atoms with van der Waals surface area (Å²) in [5.41, 5.74) is 3.95. The number of aromatic nitrogens is 2. The molecule has 0 aliphatic heterocycles. The maximum atomic E-state index is 9.98. The first-order valence-corrected chi connectivity index (χ1v) is 5.74. The molecule has 0 saturated heterocycles. The number of imidazole rings is 1. The van der Waals surface area contributed by atoms with Gasteiger partial charge in [-0.2, -0.15) is 0 Å². The quantitative estimate of drug-likeness (QED) is 0.694. The Balaban J connectivity index is 2.14. The van der Waals surface area contributed by atoms with E-state index in [-0.39, 0.29) is 0 Å². The van der Waals surface area contributed by atoms with Crippen molar-refractivity contribution in [1.29, 1.82) is 0 Å². The van der Waals surface area contributed by atoms with Gasteiger partial charge in [0.25, 0.3) is 0 Å². The zero-order valence-electron chi connectivity index (χ0n) is 9.30. The van der Waals surface area contributed by atoms with Crippen LogP contribution in [0.3, 0.4) is 0 Å². The van der Waals surface area contributed by atoms with E-state index in [2.05, 4.69) is 9.97 Å². The van der Waals surface area contributed by atoms with Crippen molar-refractivity contribution in [2.24, 2.45) is 0 Å². The first-order chi connectivity index (χ1) is 8.27. The van der Waals surface area contributed by atoms with Crippen LogP contribution in [0.1, 0.15) is 23.7 Å². The summed E-state index contributed by atoms with van der Waals surface area (Å²) in [7, 11) is 0. The Bertz CT molecular complexity index is 522. The van der Waals surface area contributed by atoms with Gasteiger partial charge in [0.1, 0.15) is 6.10 Å². The fourth-order valence-corrected chi connectivity index (χ4v) is 2.47. The average molecular weight is 230 g/mol. The zero-order valence-corrected chi connectivity index (χ0v) is 9.30. The van der Waals surface area contributed by atoms with Crippen molar-refractivity contribution in [3.05, 3.63) is 41.9 Å². The summed E-state index contributed by atoms with van der Waals surface area (Å²) in [5, 5.41) is 19.7. The van der Waals surface area contributed by atoms with Crippen molar-refractivity contribution in [3.8, 4) is 11.3 Å². The summed E-state index contributed by atoms with van der Waals surface area (Å²) >= 11 is 0. The molecule has 0 amide bonds. The van der Waals surface area contributed by atoms with Crippen LogP contribution in [0.2, 0.25) is 0 Å². The van der Waals surface area contributed by atoms with Crippen LogP contribution in [0, 0.1) is 0 Å². The minimum atomic E-state index is -0.776. The van der Waals surface area contributed by atoms with Gasteiger partial charge in [-0.1, -0.05) is 18.2 Å². The number of hydrogen-bond acceptors (Lipinski definition) is 3. The largest absolute Gasteiger partial charge is 0.390 e. The molecule has 0 fully saturated rings. The number of fused-ring (bicyclic) bond motifs is 1. The summed E-state index contributed by atoms with van der Waals surface area (Å²) in [4.78, 5) is 7.09. The third-order valence-corrected chi connectivity index (χ3v) is 3.37. The molecule has 17 heavy (non-hydrogen) atoms. The van der Waals surface area contributed by atoms with Gasteiger partial charge in [-0.15, -0.1) is 0 Å². The van der Waals surface area contributed by atoms with Crippen LogP contribution in [-0.4, -0.2) is 26.3 Å². The molecular weight excluding hydrogens is 216 g/mol. The molecule has 4 heteroatoms. The molecule has 2 unspecified atom stereocenters. The molecule has 0 bridgehead atoms. The zero-order chi connectivity index (χ0) is 11.8. The Kier molecular flexibility index (Phi) is 2.46. The van der Waals surface area contributed by atoms with Crippen molar-refractivity contribution in [2.45, 2.75) is 25.0 Å². The standard InChI is InChI=1S/C13H14N2O2/c16-12-5-4-8-9(11-6-14-7-15-11)2-1-3-10(8)13(12)17/h1-3,6-7,12-13,16-17H,4-5H2,(H,14,15). The lowest BCUT2D eigenvalue weighted by Gasteiger charge is -2.27. The Morgan fingerprint density at radius 1 is 1.29 bits per heavy atom. The van der Waals surface area contributed by atoms with Crippen LogP contribution in [0.15, 0.2) is 30.7 Å². The number of H-pyrrole nitrogens is 1. The number of nitrogens with one attached hydrogen (secondary N) is 1. The highest BCUT2D eigenvalue weighted by Gasteiger charge is 2.27. The third-order valence-electron chi connectivity index (χ3n) is 3.37. The number of aromatic amines is 1. The van der Waals surface area contributed by atoms with E-state index >= 15 is 0 Å². The van der Waals surface area contributed by atoms with E-state index in [0.717, 1.165) is 28.8 Å². The average Bonchev–Trinajstić information content (AvgIpc) is 2.87. The summed E-state index contributed by atoms with van der Waals surface area (Å²) < 4.78 is 0. The van der Waals surface area contributed by atoms with Gasteiger partial charge in [0.15, 0.2) is 0 Å². The predicted octanol–water partition coefficient (Wildman–Crippen LogP) is 1.42. The van der Waals surface area contributed by atoms with Crippen LogP contribution in [0.25, 0.3) is 11.3 Å². The van der Waals surface area contributed by atoms with Crippen LogP contribution in [0.4, 0.5) is 0 Å². The van der Waals surface area contributed by atoms with Crippen LogP contribution in [0.5, 0.6) is 0 Å². The third kappa shape index (κ3) is 1.66. The summed E-state index contributed by atoms with van der Waals surface area (Å²) in [6.45, 7) is 0. The van der Waals surface area contributed by atoms with E-state index < -0.39 is 12.2 Å². The summed E-state index contributed by atoms with van der Waals surface area (Å²) in [5.74, 6) is 0. The predicted molar refractivity (Wildman–Crippen MR) is 63.3 cm³/mol. The van der Waals surface area contributed by atoms with E-state index in [1.165, 1.54) is 0 Å². The van der Waals surface area contributed by atoms with Gasteiger partial charge < -0.3 is 15.2 Å². The number of rotatable bonds is 1. The monoisotopic (exact) mass is 230 g/mol. The molecule has 0 saturated carbocycles. The van der Waals surface area contributed by atoms with Gasteiger partial charge in [0.05, 0.1) is 24.3 Å². The van der Waals surface area contributed by atoms with Gasteiger partial charge >= 0.3 is 0 Å². The smallest absolute Gasteiger partial charge is 0.105 e. The van der Waals surface area contributed by atoms with Crippen LogP contribution >= 0.6 is 0 Å². The molecule has 0 spiro atoms. The number of benzene rings is 1. The molecule has 1 aromatic heterocycles. The Morgan fingerprint density at radius 3 is 2.94 bits per heavy atom. The lowest BCUT2D eigenvalue weighted by Crippen LogP contribution is -2.25. The molecule has 3 rings (SSSR count). The molecular formula is C13H14N2O2. The van der Waals surface area contributed by atoms with E-state index in [9.17, 15) is 10.2 Å². The topological polar surface area (TPSA) is 69.1 Å². The van der Waals surface area contributed by atoms with E-state index in [4.69, 9.17) is 0 Å². The molecule has 2 atom stereocenters. The molecule has 3 N–H and O–H groups in total. The van der Waals surface area contributed by atoms with Gasteiger partial charge in [0.2, 0.25) is 0 Å². The van der Waals surface area contributed by atoms with Gasteiger partial charge in [0, 0.05) is 5.56 Å². The fourth-order valence-electron chi connectivity index (χ4n) is 2.47. The fraction of sp³-hybridized carbons (Fsp3) is 0.308. The number of aliphatic hydroxyl groups excluding tert-OH is 2. The Labute approximate surface area is 99.0 Å². The van der Waals surface area contributed by atoms with Crippen molar-refractivity contribution in [3.63, 3.8) is 0 Å². The van der Waals surface area contributed by atoms with Crippen LogP contribution in [-0.2, 0) is 6.42 Å². The van der Waals surface area contributed by atoms with Gasteiger partial charge in [-0.05, 0) is 24.0 Å². The summed E-state index contributed by atoms with van der Waals surface area (Å²) in [6.07, 6.45) is 3.36. The molecule has 1 aliphatic rings. The maximum Gasteiger partial charge on any atom is 0.105 e. The molecule has 4 nitrogen and oxygen atoms in total. The lowest BCUT2D eigenvalue weighted by molar-refractivity contribution is 0.00659. The normalized spacial score (nSPS) is 23.4. The van der Waals surface area contributed by atoms with Gasteiger partial charge in [-0.25, -0.2) is 4.98 Å². The summed E-state index contributed by atoms with van der Waals surface area (Å²) in [6, 6.07) is 5.79. The first-order valence-electron chi connectivity index (χ1n) is 5.74. The highest BCUT2D eigenvalue weighted by Crippen LogP contribution is 2.35. The highest BCUT2D eigenvalue weighted by molar-refractivity contribution is 5.65. The van der Waals surface area contributed by atoms with E-state index in [1.54, 1.807) is 12.5 Å². The molecule has 0 radical (unpaired) electrons. The second-order valence-electron chi connectivity index (χ2n) is 4.39. The Morgan fingerprint density at radius 2 is 2.18 bits per heavy atom. The van der Waals surface area contributed by atoms with Gasteiger partial charge in [-0.3, -0.25) is 0 Å². The van der Waals surface area contributed by atoms with Crippen molar-refractivity contribution < 1.29 is 10.2 Å². The van der Waals surface area contributed by atoms with E-state index in [0.29, 0.717) is 6.42 Å². The van der Waals surface area contributed by atoms with Crippen molar-refractivity contribution in [1.82, 2.24) is 9.97 Å². The van der Waals surface area contributed by atoms with E-state index in [1.807, 2.05) is 18.2 Å². The first kappa shape index (κ1) is 10.5. The highest BCUT2D eigenvalue weighted by atomic mass is 16.3. The lowest BCUT2D eigenvalue weighted by atomic mass is 9.84. The van der Waals surface area contributed by atoms with Crippen molar-refractivity contribution >= 4 is 0 Å². The second kappa shape index (κ2) is 3.98. The molecule has 88 valence electrons. The van der Waals surface area contributed by atoms with Crippen molar-refractivity contribution in [2.75, 3.05) is 0 Å². The minimum Gasteiger partial charge on any atom is -0.390 e. The SMILES string of the molecule is OC1CCc2c(-c3cnc[nH]3)cccc2C1O. The second-order valence-corrected chi connectivity index (χ2v) is 4.39. The number of nitrogens with zero attached hydrogens (tertiary/aromatic N) is 1. The molecule has 1 heterocycles. The number of hydrogen-bond donors (Lipinski definition) is 3. The number of aliphatic hydroxyl groups is 2. The Hall–Kier alpha value is -1.65. The minimum absolute atomic E-state index is 0.597. The van der Waals surface area contributed by atoms with Crippen LogP contribution < -0.4 is 0 Å². The molecule has 2 aromatic rings. The molecule has 1 aliphatic carbocycles. The molecule has 1 aromatic carbocycles. The maximum absolute atomic E-state index is 9.98.